The van der Waals surface area contributed by atoms with E-state index in [0.717, 1.165) is 26.0 Å². The van der Waals surface area contributed by atoms with Crippen molar-refractivity contribution < 1.29 is 55.0 Å². The summed E-state index contributed by atoms with van der Waals surface area (Å²) in [5.41, 5.74) is -0.585. The standard InChI is InChI=1S/C22H23F5N4O2.C15H18F2O3/c1-20(2,22(25,26)27)19(33)30-12-21(13-30)5-6-29(11-21)18(32)15-8-28-31(10-15)9-14-3-4-16(23)17(24)7-14;1-20-9-11-3-2-4-12(13(11)14(18)19)10-5-7-15(16,17)8-6-10/h3-4,7-8,10H,5-6,9,11-13H2,1-2H3;2-4,10H,5-9H2,1H3,(H,18,19). The first kappa shape index (κ1) is 39.7. The van der Waals surface area contributed by atoms with Gasteiger partial charge in [-0.2, -0.15) is 18.3 Å². The van der Waals surface area contributed by atoms with Crippen LogP contribution in [0.5, 0.6) is 0 Å². The molecule has 0 radical (unpaired) electrons. The van der Waals surface area contributed by atoms with Gasteiger partial charge in [-0.1, -0.05) is 24.3 Å². The average molecular weight is 755 g/mol. The lowest BCUT2D eigenvalue weighted by Crippen LogP contribution is -2.63. The molecule has 0 atom stereocenters. The molecule has 3 aliphatic rings. The van der Waals surface area contributed by atoms with E-state index in [-0.39, 0.29) is 56.5 Å². The average Bonchev–Trinajstić information content (AvgIpc) is 3.73. The maximum atomic E-state index is 13.4. The number of ether oxygens (including phenoxy) is 1. The third kappa shape index (κ3) is 8.68. The van der Waals surface area contributed by atoms with E-state index in [1.54, 1.807) is 23.1 Å². The van der Waals surface area contributed by atoms with Crippen LogP contribution < -0.4 is 0 Å². The van der Waals surface area contributed by atoms with E-state index in [4.69, 9.17) is 4.74 Å². The first-order valence-corrected chi connectivity index (χ1v) is 17.1. The third-order valence-corrected chi connectivity index (χ3v) is 10.4. The fourth-order valence-electron chi connectivity index (χ4n) is 7.21. The van der Waals surface area contributed by atoms with Gasteiger partial charge in [0.05, 0.1) is 30.5 Å². The van der Waals surface area contributed by atoms with Gasteiger partial charge in [-0.3, -0.25) is 14.3 Å². The van der Waals surface area contributed by atoms with Gasteiger partial charge in [0.25, 0.3) is 5.91 Å². The highest BCUT2D eigenvalue weighted by atomic mass is 19.4. The Balaban J connectivity index is 0.000000231. The number of hydrogen-bond acceptors (Lipinski definition) is 5. The highest BCUT2D eigenvalue weighted by Crippen LogP contribution is 2.46. The maximum Gasteiger partial charge on any atom is 0.402 e. The quantitative estimate of drug-likeness (QED) is 0.242. The number of carbonyl (C=O) groups excluding carboxylic acids is 2. The molecule has 0 unspecified atom stereocenters. The summed E-state index contributed by atoms with van der Waals surface area (Å²) in [6, 6.07) is 8.71. The Morgan fingerprint density at radius 1 is 0.962 bits per heavy atom. The zero-order valence-electron chi connectivity index (χ0n) is 29.5. The second-order valence-corrected chi connectivity index (χ2v) is 14.7. The molecule has 1 saturated carbocycles. The van der Waals surface area contributed by atoms with Crippen molar-refractivity contribution in [1.29, 1.82) is 0 Å². The number of carbonyl (C=O) groups is 3. The van der Waals surface area contributed by atoms with Gasteiger partial charge in [0.15, 0.2) is 11.6 Å². The number of rotatable bonds is 8. The van der Waals surface area contributed by atoms with Crippen molar-refractivity contribution in [2.45, 2.75) is 77.1 Å². The molecule has 53 heavy (non-hydrogen) atoms. The topological polar surface area (TPSA) is 105 Å². The summed E-state index contributed by atoms with van der Waals surface area (Å²) >= 11 is 0. The number of benzene rings is 2. The number of carboxylic acids is 1. The van der Waals surface area contributed by atoms with Gasteiger partial charge in [-0.05, 0) is 67.9 Å². The zero-order valence-corrected chi connectivity index (χ0v) is 29.5. The SMILES string of the molecule is CC(C)(C(=O)N1CC2(CCN(C(=O)c3cnn(Cc4ccc(F)c(F)c4)c3)C2)C1)C(F)(F)F.COCc1cccc(C2CCC(F)(F)CC2)c1C(=O)O. The van der Waals surface area contributed by atoms with E-state index in [9.17, 15) is 50.2 Å². The van der Waals surface area contributed by atoms with Crippen LogP contribution >= 0.6 is 0 Å². The van der Waals surface area contributed by atoms with Gasteiger partial charge in [0.1, 0.15) is 5.41 Å². The summed E-state index contributed by atoms with van der Waals surface area (Å²) in [4.78, 5) is 39.5. The summed E-state index contributed by atoms with van der Waals surface area (Å²) in [7, 11) is 1.50. The lowest BCUT2D eigenvalue weighted by Gasteiger charge is -2.50. The minimum atomic E-state index is -4.63. The number of likely N-dealkylation sites (tertiary alicyclic amines) is 2. The summed E-state index contributed by atoms with van der Waals surface area (Å²) in [5.74, 6) is -6.89. The Morgan fingerprint density at radius 2 is 1.62 bits per heavy atom. The molecule has 0 bridgehead atoms. The number of aromatic carboxylic acids is 1. The lowest BCUT2D eigenvalue weighted by atomic mass is 9.77. The summed E-state index contributed by atoms with van der Waals surface area (Å²) in [5, 5.41) is 13.5. The first-order chi connectivity index (χ1) is 24.8. The van der Waals surface area contributed by atoms with Crippen LogP contribution in [-0.4, -0.2) is 87.9 Å². The van der Waals surface area contributed by atoms with Gasteiger partial charge < -0.3 is 19.6 Å². The van der Waals surface area contributed by atoms with Crippen LogP contribution in [0.2, 0.25) is 0 Å². The molecule has 288 valence electrons. The lowest BCUT2D eigenvalue weighted by molar-refractivity contribution is -0.222. The van der Waals surface area contributed by atoms with Gasteiger partial charge in [-0.15, -0.1) is 0 Å². The number of methoxy groups -OCH3 is 1. The van der Waals surface area contributed by atoms with E-state index in [1.165, 1.54) is 35.2 Å². The minimum Gasteiger partial charge on any atom is -0.478 e. The van der Waals surface area contributed by atoms with Crippen LogP contribution in [0.3, 0.4) is 0 Å². The van der Waals surface area contributed by atoms with E-state index >= 15 is 0 Å². The van der Waals surface area contributed by atoms with Gasteiger partial charge in [0, 0.05) is 57.7 Å². The van der Waals surface area contributed by atoms with E-state index in [0.29, 0.717) is 54.6 Å². The number of halogens is 7. The predicted octanol–water partition coefficient (Wildman–Crippen LogP) is 7.30. The van der Waals surface area contributed by atoms with Crippen molar-refractivity contribution in [2.24, 2.45) is 10.8 Å². The predicted molar refractivity (Wildman–Crippen MR) is 177 cm³/mol. The van der Waals surface area contributed by atoms with Crippen molar-refractivity contribution in [1.82, 2.24) is 19.6 Å². The van der Waals surface area contributed by atoms with Crippen molar-refractivity contribution in [3.63, 3.8) is 0 Å². The number of alkyl halides is 5. The highest BCUT2D eigenvalue weighted by Gasteiger charge is 2.59. The fourth-order valence-corrected chi connectivity index (χ4v) is 7.21. The second-order valence-electron chi connectivity index (χ2n) is 14.7. The molecule has 3 heterocycles. The largest absolute Gasteiger partial charge is 0.478 e. The van der Waals surface area contributed by atoms with Crippen LogP contribution in [0.1, 0.15) is 89.3 Å². The fraction of sp³-hybridized carbons (Fsp3) is 0.514. The molecule has 16 heteroatoms. The Bertz CT molecular complexity index is 1830. The van der Waals surface area contributed by atoms with E-state index in [1.807, 2.05) is 0 Å². The molecule has 1 aliphatic carbocycles. The molecule has 2 aliphatic heterocycles. The minimum absolute atomic E-state index is 0.113. The molecule has 2 saturated heterocycles. The van der Waals surface area contributed by atoms with Crippen LogP contribution in [-0.2, 0) is 22.7 Å². The number of nitrogens with zero attached hydrogens (tertiary/aromatic N) is 4. The molecule has 9 nitrogen and oxygen atoms in total. The molecule has 1 N–H and O–H groups in total. The Kier molecular flexibility index (Phi) is 11.3. The van der Waals surface area contributed by atoms with Gasteiger partial charge in [0.2, 0.25) is 11.8 Å². The number of amides is 2. The summed E-state index contributed by atoms with van der Waals surface area (Å²) in [6.45, 7) is 3.26. The van der Waals surface area contributed by atoms with E-state index in [2.05, 4.69) is 5.10 Å². The Hall–Kier alpha value is -4.47. The third-order valence-electron chi connectivity index (χ3n) is 10.4. The maximum absolute atomic E-state index is 13.4. The van der Waals surface area contributed by atoms with Crippen molar-refractivity contribution in [3.8, 4) is 0 Å². The van der Waals surface area contributed by atoms with Crippen LogP contribution in [0.4, 0.5) is 30.7 Å². The van der Waals surface area contributed by atoms with Crippen LogP contribution in [0.25, 0.3) is 0 Å². The summed E-state index contributed by atoms with van der Waals surface area (Å²) < 4.78 is 98.8. The highest BCUT2D eigenvalue weighted by molar-refractivity contribution is 5.94. The molecule has 6 rings (SSSR count). The molecule has 2 amide bonds. The van der Waals surface area contributed by atoms with Gasteiger partial charge >= 0.3 is 12.1 Å². The van der Waals surface area contributed by atoms with E-state index < -0.39 is 46.4 Å². The normalized spacial score (nSPS) is 18.4. The van der Waals surface area contributed by atoms with Crippen molar-refractivity contribution in [3.05, 3.63) is 88.2 Å². The molecule has 1 aromatic heterocycles. The Morgan fingerprint density at radius 3 is 2.23 bits per heavy atom. The molecule has 3 fully saturated rings. The molecule has 2 aromatic carbocycles. The number of carboxylic acid groups (broad SMARTS) is 1. The van der Waals surface area contributed by atoms with Crippen LogP contribution in [0, 0.1) is 22.5 Å². The molecular formula is C37H41F7N4O5. The zero-order chi connectivity index (χ0) is 38.9. The smallest absolute Gasteiger partial charge is 0.402 e. The molecule has 3 aromatic rings. The molecular weight excluding hydrogens is 713 g/mol. The number of aromatic nitrogens is 2. The first-order valence-electron chi connectivity index (χ1n) is 17.1. The molecule has 1 spiro atoms. The monoisotopic (exact) mass is 754 g/mol. The Labute approximate surface area is 301 Å². The van der Waals surface area contributed by atoms with Crippen LogP contribution in [0.15, 0.2) is 48.8 Å². The summed E-state index contributed by atoms with van der Waals surface area (Å²) in [6.07, 6.45) is -0.848. The second kappa shape index (κ2) is 15.1. The van der Waals surface area contributed by atoms with Crippen molar-refractivity contribution in [2.75, 3.05) is 33.3 Å². The van der Waals surface area contributed by atoms with Gasteiger partial charge in [-0.25, -0.2) is 22.4 Å². The van der Waals surface area contributed by atoms with Crippen molar-refractivity contribution >= 4 is 17.8 Å². The number of hydrogen-bond donors (Lipinski definition) is 1.